The molecule has 7 heteroatoms. The van der Waals surface area contributed by atoms with Crippen molar-refractivity contribution in [2.75, 3.05) is 12.0 Å². The van der Waals surface area contributed by atoms with Crippen LogP contribution in [0.25, 0.3) is 6.08 Å². The van der Waals surface area contributed by atoms with Crippen molar-refractivity contribution < 1.29 is 14.3 Å². The van der Waals surface area contributed by atoms with Gasteiger partial charge in [-0.05, 0) is 57.4 Å². The molecule has 0 unspecified atom stereocenters. The Balaban J connectivity index is 1.59. The molecule has 0 atom stereocenters. The van der Waals surface area contributed by atoms with Gasteiger partial charge in [0.2, 0.25) is 0 Å². The Labute approximate surface area is 199 Å². The third-order valence-corrected chi connectivity index (χ3v) is 6.47. The van der Waals surface area contributed by atoms with E-state index in [2.05, 4.69) is 15.9 Å². The first-order valence-corrected chi connectivity index (χ1v) is 11.5. The zero-order chi connectivity index (χ0) is 21.8. The molecule has 0 N–H and O–H groups in total. The lowest BCUT2D eigenvalue weighted by molar-refractivity contribution is -0.113. The number of ether oxygens (including phenoxy) is 2. The molecule has 4 nitrogen and oxygen atoms in total. The van der Waals surface area contributed by atoms with Crippen molar-refractivity contribution in [1.29, 1.82) is 0 Å². The van der Waals surface area contributed by atoms with E-state index in [1.165, 1.54) is 11.8 Å². The Bertz CT molecular complexity index is 1150. The molecule has 1 amide bonds. The Morgan fingerprint density at radius 2 is 1.74 bits per heavy atom. The molecule has 0 spiro atoms. The van der Waals surface area contributed by atoms with Crippen LogP contribution in [-0.4, -0.2) is 17.3 Å². The van der Waals surface area contributed by atoms with Crippen LogP contribution in [0.5, 0.6) is 11.5 Å². The van der Waals surface area contributed by atoms with E-state index < -0.39 is 0 Å². The van der Waals surface area contributed by atoms with Crippen LogP contribution in [0.2, 0.25) is 0 Å². The lowest BCUT2D eigenvalue weighted by Crippen LogP contribution is -2.27. The van der Waals surface area contributed by atoms with Crippen LogP contribution in [0.1, 0.15) is 11.1 Å². The summed E-state index contributed by atoms with van der Waals surface area (Å²) in [7, 11) is 1.59. The normalized spacial score (nSPS) is 14.9. The third kappa shape index (κ3) is 4.84. The van der Waals surface area contributed by atoms with E-state index in [1.54, 1.807) is 12.0 Å². The van der Waals surface area contributed by atoms with Gasteiger partial charge >= 0.3 is 0 Å². The standard InChI is InChI=1S/C24H18BrNO3S2/c1-28-20-13-17(12-19(25)22(20)29-15-16-8-4-2-5-9-16)14-21-23(27)26(24(30)31-21)18-10-6-3-7-11-18/h2-14H,15H2,1H3/b21-14+. The summed E-state index contributed by atoms with van der Waals surface area (Å²) in [5.41, 5.74) is 2.63. The molecule has 156 valence electrons. The minimum absolute atomic E-state index is 0.138. The number of anilines is 1. The number of thioether (sulfide) groups is 1. The number of hydrogen-bond donors (Lipinski definition) is 0. The molecule has 0 saturated carbocycles. The van der Waals surface area contributed by atoms with Gasteiger partial charge < -0.3 is 9.47 Å². The molecule has 1 saturated heterocycles. The zero-order valence-electron chi connectivity index (χ0n) is 16.6. The summed E-state index contributed by atoms with van der Waals surface area (Å²) in [4.78, 5) is 15.1. The highest BCUT2D eigenvalue weighted by Crippen LogP contribution is 2.40. The average molecular weight is 512 g/mol. The number of hydrogen-bond acceptors (Lipinski definition) is 5. The number of thiocarbonyl (C=S) groups is 1. The van der Waals surface area contributed by atoms with Gasteiger partial charge in [0.05, 0.1) is 22.2 Å². The first kappa shape index (κ1) is 21.6. The molecule has 1 fully saturated rings. The van der Waals surface area contributed by atoms with Crippen LogP contribution in [0.15, 0.2) is 82.2 Å². The first-order chi connectivity index (χ1) is 15.1. The van der Waals surface area contributed by atoms with E-state index >= 15 is 0 Å². The average Bonchev–Trinajstić information content (AvgIpc) is 3.06. The van der Waals surface area contributed by atoms with Crippen LogP contribution in [-0.2, 0) is 11.4 Å². The number of benzene rings is 3. The van der Waals surface area contributed by atoms with Crippen molar-refractivity contribution >= 4 is 61.9 Å². The molecule has 1 aliphatic heterocycles. The number of para-hydroxylation sites is 1. The van der Waals surface area contributed by atoms with Gasteiger partial charge in [-0.1, -0.05) is 72.5 Å². The number of methoxy groups -OCH3 is 1. The third-order valence-electron chi connectivity index (χ3n) is 4.58. The van der Waals surface area contributed by atoms with E-state index in [-0.39, 0.29) is 5.91 Å². The number of carbonyl (C=O) groups is 1. The highest BCUT2D eigenvalue weighted by Gasteiger charge is 2.33. The Hall–Kier alpha value is -2.61. The second kappa shape index (κ2) is 9.68. The van der Waals surface area contributed by atoms with Crippen LogP contribution >= 0.6 is 39.9 Å². The van der Waals surface area contributed by atoms with Gasteiger partial charge in [-0.3, -0.25) is 9.69 Å². The minimum Gasteiger partial charge on any atom is -0.493 e. The monoisotopic (exact) mass is 511 g/mol. The van der Waals surface area contributed by atoms with Crippen LogP contribution in [0, 0.1) is 0 Å². The van der Waals surface area contributed by atoms with Crippen LogP contribution in [0.4, 0.5) is 5.69 Å². The molecule has 31 heavy (non-hydrogen) atoms. The molecular formula is C24H18BrNO3S2. The van der Waals surface area contributed by atoms with E-state index in [0.29, 0.717) is 27.3 Å². The van der Waals surface area contributed by atoms with Crippen molar-refractivity contribution in [1.82, 2.24) is 0 Å². The Kier molecular flexibility index (Phi) is 6.75. The van der Waals surface area contributed by atoms with Crippen molar-refractivity contribution in [3.63, 3.8) is 0 Å². The summed E-state index contributed by atoms with van der Waals surface area (Å²) in [6, 6.07) is 23.1. The van der Waals surface area contributed by atoms with Gasteiger partial charge in [-0.25, -0.2) is 0 Å². The lowest BCUT2D eigenvalue weighted by Gasteiger charge is -2.14. The number of carbonyl (C=O) groups excluding carboxylic acids is 1. The SMILES string of the molecule is COc1cc(/C=C2/SC(=S)N(c3ccccc3)C2=O)cc(Br)c1OCc1ccccc1. The van der Waals surface area contributed by atoms with Gasteiger partial charge in [0, 0.05) is 0 Å². The predicted molar refractivity (Wildman–Crippen MR) is 134 cm³/mol. The fourth-order valence-electron chi connectivity index (χ4n) is 3.11. The van der Waals surface area contributed by atoms with Gasteiger partial charge in [-0.15, -0.1) is 0 Å². The second-order valence-corrected chi connectivity index (χ2v) is 9.19. The number of nitrogens with zero attached hydrogens (tertiary/aromatic N) is 1. The van der Waals surface area contributed by atoms with Crippen molar-refractivity contribution in [3.8, 4) is 11.5 Å². The first-order valence-electron chi connectivity index (χ1n) is 9.44. The maximum Gasteiger partial charge on any atom is 0.270 e. The van der Waals surface area contributed by atoms with Crippen LogP contribution in [0.3, 0.4) is 0 Å². The highest BCUT2D eigenvalue weighted by molar-refractivity contribution is 9.10. The molecule has 0 aromatic heterocycles. The summed E-state index contributed by atoms with van der Waals surface area (Å²) in [6.07, 6.45) is 1.82. The van der Waals surface area contributed by atoms with Gasteiger partial charge in [0.1, 0.15) is 6.61 Å². The summed E-state index contributed by atoms with van der Waals surface area (Å²) >= 11 is 10.3. The topological polar surface area (TPSA) is 38.8 Å². The predicted octanol–water partition coefficient (Wildman–Crippen LogP) is 6.44. The molecule has 4 rings (SSSR count). The molecule has 3 aromatic carbocycles. The lowest BCUT2D eigenvalue weighted by atomic mass is 10.1. The zero-order valence-corrected chi connectivity index (χ0v) is 19.8. The number of rotatable bonds is 6. The smallest absolute Gasteiger partial charge is 0.270 e. The van der Waals surface area contributed by atoms with Gasteiger partial charge in [0.15, 0.2) is 15.8 Å². The maximum absolute atomic E-state index is 13.0. The molecule has 1 heterocycles. The van der Waals surface area contributed by atoms with Crippen molar-refractivity contribution in [3.05, 3.63) is 93.3 Å². The van der Waals surface area contributed by atoms with Gasteiger partial charge in [-0.2, -0.15) is 0 Å². The fourth-order valence-corrected chi connectivity index (χ4v) is 4.98. The number of halogens is 1. The molecule has 1 aliphatic rings. The summed E-state index contributed by atoms with van der Waals surface area (Å²) in [6.45, 7) is 0.422. The van der Waals surface area contributed by atoms with Gasteiger partial charge in [0.25, 0.3) is 5.91 Å². The molecule has 0 bridgehead atoms. The van der Waals surface area contributed by atoms with E-state index in [9.17, 15) is 4.79 Å². The quantitative estimate of drug-likeness (QED) is 0.281. The summed E-state index contributed by atoms with van der Waals surface area (Å²) in [5, 5.41) is 0. The maximum atomic E-state index is 13.0. The van der Waals surface area contributed by atoms with Crippen LogP contribution < -0.4 is 14.4 Å². The second-order valence-electron chi connectivity index (χ2n) is 6.66. The molecule has 0 radical (unpaired) electrons. The summed E-state index contributed by atoms with van der Waals surface area (Å²) < 4.78 is 12.8. The molecular weight excluding hydrogens is 494 g/mol. The Morgan fingerprint density at radius 1 is 1.06 bits per heavy atom. The molecule has 3 aromatic rings. The van der Waals surface area contributed by atoms with Crippen molar-refractivity contribution in [2.24, 2.45) is 0 Å². The Morgan fingerprint density at radius 3 is 2.42 bits per heavy atom. The molecule has 0 aliphatic carbocycles. The largest absolute Gasteiger partial charge is 0.493 e. The fraction of sp³-hybridized carbons (Fsp3) is 0.0833. The van der Waals surface area contributed by atoms with E-state index in [1.807, 2.05) is 78.9 Å². The van der Waals surface area contributed by atoms with Crippen molar-refractivity contribution in [2.45, 2.75) is 6.61 Å². The summed E-state index contributed by atoms with van der Waals surface area (Å²) in [5.74, 6) is 1.05. The van der Waals surface area contributed by atoms with E-state index in [4.69, 9.17) is 21.7 Å². The van der Waals surface area contributed by atoms with E-state index in [0.717, 1.165) is 21.3 Å². The number of amides is 1. The highest BCUT2D eigenvalue weighted by atomic mass is 79.9. The minimum atomic E-state index is -0.138.